The van der Waals surface area contributed by atoms with Gasteiger partial charge < -0.3 is 9.64 Å². The first-order valence-electron chi connectivity index (χ1n) is 6.42. The van der Waals surface area contributed by atoms with Crippen LogP contribution in [-0.4, -0.2) is 39.4 Å². The number of nitrogens with two attached hydrogens (primary N) is 1. The summed E-state index contributed by atoms with van der Waals surface area (Å²) in [6, 6.07) is 10.6. The Bertz CT molecular complexity index is 741. The summed E-state index contributed by atoms with van der Waals surface area (Å²) in [7, 11) is -2.14. The van der Waals surface area contributed by atoms with Crippen molar-refractivity contribution in [1.82, 2.24) is 4.90 Å². The molecule has 22 heavy (non-hydrogen) atoms. The molecule has 0 radical (unpaired) electrons. The van der Waals surface area contributed by atoms with Crippen LogP contribution in [0.5, 0.6) is 5.75 Å². The van der Waals surface area contributed by atoms with Crippen LogP contribution >= 0.6 is 11.3 Å². The van der Waals surface area contributed by atoms with Gasteiger partial charge in [0.2, 0.25) is 10.0 Å². The molecule has 6 nitrogen and oxygen atoms in total. The van der Waals surface area contributed by atoms with Crippen LogP contribution in [-0.2, 0) is 10.0 Å². The third kappa shape index (κ3) is 4.30. The molecule has 118 valence electrons. The van der Waals surface area contributed by atoms with Crippen LogP contribution in [0.2, 0.25) is 0 Å². The summed E-state index contributed by atoms with van der Waals surface area (Å²) >= 11 is 0.931. The fourth-order valence-electron chi connectivity index (χ4n) is 1.72. The van der Waals surface area contributed by atoms with Gasteiger partial charge in [-0.05, 0) is 18.2 Å². The number of carbonyl (C=O) groups is 1. The highest BCUT2D eigenvalue weighted by Gasteiger charge is 2.17. The number of primary sulfonamides is 1. The molecule has 2 N–H and O–H groups in total. The maximum atomic E-state index is 12.2. The van der Waals surface area contributed by atoms with E-state index in [1.54, 1.807) is 7.05 Å². The lowest BCUT2D eigenvalue weighted by molar-refractivity contribution is 0.0774. The first-order valence-corrected chi connectivity index (χ1v) is 8.85. The van der Waals surface area contributed by atoms with Crippen molar-refractivity contribution in [3.63, 3.8) is 0 Å². The maximum Gasteiger partial charge on any atom is 0.254 e. The van der Waals surface area contributed by atoms with Crippen LogP contribution < -0.4 is 9.88 Å². The zero-order chi connectivity index (χ0) is 16.2. The molecule has 0 fully saturated rings. The Morgan fingerprint density at radius 2 is 2.00 bits per heavy atom. The lowest BCUT2D eigenvalue weighted by Crippen LogP contribution is -2.30. The fraction of sp³-hybridized carbons (Fsp3) is 0.214. The van der Waals surface area contributed by atoms with Crippen LogP contribution in [0.3, 0.4) is 0 Å². The summed E-state index contributed by atoms with van der Waals surface area (Å²) in [4.78, 5) is 13.6. The number of hydrogen-bond acceptors (Lipinski definition) is 5. The van der Waals surface area contributed by atoms with Gasteiger partial charge in [-0.1, -0.05) is 18.2 Å². The predicted molar refractivity (Wildman–Crippen MR) is 84.6 cm³/mol. The van der Waals surface area contributed by atoms with E-state index in [9.17, 15) is 13.2 Å². The Hall–Kier alpha value is -1.90. The molecule has 1 amide bonds. The van der Waals surface area contributed by atoms with Gasteiger partial charge in [0.15, 0.2) is 0 Å². The van der Waals surface area contributed by atoms with Gasteiger partial charge in [-0.3, -0.25) is 4.79 Å². The molecular formula is C14H16N2O4S2. The number of para-hydroxylation sites is 1. The number of likely N-dealkylation sites (N-methyl/N-ethyl adjacent to an activating group) is 1. The van der Waals surface area contributed by atoms with E-state index in [-0.39, 0.29) is 10.1 Å². The summed E-state index contributed by atoms with van der Waals surface area (Å²) in [6.07, 6.45) is 0. The molecule has 0 aliphatic carbocycles. The number of thiophene rings is 1. The van der Waals surface area contributed by atoms with E-state index in [4.69, 9.17) is 9.88 Å². The smallest absolute Gasteiger partial charge is 0.254 e. The van der Waals surface area contributed by atoms with E-state index in [0.717, 1.165) is 17.1 Å². The second-order valence-corrected chi connectivity index (χ2v) is 7.29. The molecular weight excluding hydrogens is 324 g/mol. The molecule has 0 aliphatic rings. The van der Waals surface area contributed by atoms with Crippen molar-refractivity contribution >= 4 is 27.3 Å². The van der Waals surface area contributed by atoms with Gasteiger partial charge >= 0.3 is 0 Å². The van der Waals surface area contributed by atoms with Crippen molar-refractivity contribution in [2.24, 2.45) is 5.14 Å². The minimum Gasteiger partial charge on any atom is -0.492 e. The van der Waals surface area contributed by atoms with E-state index < -0.39 is 10.0 Å². The first-order chi connectivity index (χ1) is 10.4. The lowest BCUT2D eigenvalue weighted by Gasteiger charge is -2.16. The Kier molecular flexibility index (Phi) is 5.17. The third-order valence-electron chi connectivity index (χ3n) is 2.89. The molecule has 2 rings (SSSR count). The summed E-state index contributed by atoms with van der Waals surface area (Å²) in [5, 5.41) is 6.51. The van der Waals surface area contributed by atoms with Crippen molar-refractivity contribution in [3.05, 3.63) is 47.3 Å². The highest BCUT2D eigenvalue weighted by molar-refractivity contribution is 7.91. The molecule has 0 bridgehead atoms. The van der Waals surface area contributed by atoms with E-state index in [1.165, 1.54) is 16.3 Å². The standard InChI is InChI=1S/C14H16N2O4S2/c1-16(7-8-20-12-5-3-2-4-6-12)14(17)11-9-13(21-10-11)22(15,18)19/h2-6,9-10H,7-8H2,1H3,(H2,15,18,19). The molecule has 8 heteroatoms. The Morgan fingerprint density at radius 1 is 1.32 bits per heavy atom. The zero-order valence-electron chi connectivity index (χ0n) is 11.9. The molecule has 1 aromatic heterocycles. The fourth-order valence-corrected chi connectivity index (χ4v) is 3.30. The lowest BCUT2D eigenvalue weighted by atomic mass is 10.3. The van der Waals surface area contributed by atoms with Crippen molar-refractivity contribution < 1.29 is 17.9 Å². The minimum absolute atomic E-state index is 0.0233. The van der Waals surface area contributed by atoms with Crippen molar-refractivity contribution in [2.75, 3.05) is 20.2 Å². The number of sulfonamides is 1. The van der Waals surface area contributed by atoms with Gasteiger partial charge in [-0.25, -0.2) is 13.6 Å². The van der Waals surface area contributed by atoms with Crippen LogP contribution in [0.25, 0.3) is 0 Å². The summed E-state index contributed by atoms with van der Waals surface area (Å²) in [6.45, 7) is 0.729. The molecule has 0 unspecified atom stereocenters. The van der Waals surface area contributed by atoms with Crippen molar-refractivity contribution in [3.8, 4) is 5.75 Å². The second kappa shape index (κ2) is 6.91. The minimum atomic E-state index is -3.77. The third-order valence-corrected chi connectivity index (χ3v) is 5.27. The van der Waals surface area contributed by atoms with Gasteiger partial charge in [0.25, 0.3) is 5.91 Å². The Balaban J connectivity index is 1.91. The van der Waals surface area contributed by atoms with Crippen molar-refractivity contribution in [1.29, 1.82) is 0 Å². The number of nitrogens with zero attached hydrogens (tertiary/aromatic N) is 1. The number of rotatable bonds is 6. The number of benzene rings is 1. The van der Waals surface area contributed by atoms with Crippen molar-refractivity contribution in [2.45, 2.75) is 4.21 Å². The number of ether oxygens (including phenoxy) is 1. The predicted octanol–water partition coefficient (Wildman–Crippen LogP) is 1.55. The van der Waals surface area contributed by atoms with Gasteiger partial charge in [-0.2, -0.15) is 0 Å². The Labute approximate surface area is 133 Å². The van der Waals surface area contributed by atoms with Gasteiger partial charge in [0.05, 0.1) is 12.1 Å². The number of hydrogen-bond donors (Lipinski definition) is 1. The highest BCUT2D eigenvalue weighted by Crippen LogP contribution is 2.19. The largest absolute Gasteiger partial charge is 0.492 e. The van der Waals surface area contributed by atoms with E-state index in [1.807, 2.05) is 30.3 Å². The summed E-state index contributed by atoms with van der Waals surface area (Å²) in [5.41, 5.74) is 0.302. The van der Waals surface area contributed by atoms with Crippen LogP contribution in [0, 0.1) is 0 Å². The molecule has 0 saturated heterocycles. The average Bonchev–Trinajstić information content (AvgIpc) is 2.97. The first kappa shape index (κ1) is 16.5. The quantitative estimate of drug-likeness (QED) is 0.864. The second-order valence-electron chi connectivity index (χ2n) is 4.59. The molecule has 0 saturated carbocycles. The SMILES string of the molecule is CN(CCOc1ccccc1)C(=O)c1csc(S(N)(=O)=O)c1. The van der Waals surface area contributed by atoms with Gasteiger partial charge in [0.1, 0.15) is 16.6 Å². The topological polar surface area (TPSA) is 89.7 Å². The molecule has 0 aliphatic heterocycles. The van der Waals surface area contributed by atoms with Crippen LogP contribution in [0.1, 0.15) is 10.4 Å². The Morgan fingerprint density at radius 3 is 2.59 bits per heavy atom. The molecule has 1 heterocycles. The number of amides is 1. The van der Waals surface area contributed by atoms with Crippen LogP contribution in [0.15, 0.2) is 46.0 Å². The van der Waals surface area contributed by atoms with E-state index in [2.05, 4.69) is 0 Å². The zero-order valence-corrected chi connectivity index (χ0v) is 13.6. The molecule has 1 aromatic carbocycles. The highest BCUT2D eigenvalue weighted by atomic mass is 32.2. The summed E-state index contributed by atoms with van der Waals surface area (Å²) < 4.78 is 27.9. The monoisotopic (exact) mass is 340 g/mol. The normalized spacial score (nSPS) is 11.2. The van der Waals surface area contributed by atoms with E-state index >= 15 is 0 Å². The van der Waals surface area contributed by atoms with E-state index in [0.29, 0.717) is 18.7 Å². The van der Waals surface area contributed by atoms with Gasteiger partial charge in [0, 0.05) is 12.4 Å². The van der Waals surface area contributed by atoms with Crippen LogP contribution in [0.4, 0.5) is 0 Å². The molecule has 2 aromatic rings. The average molecular weight is 340 g/mol. The molecule has 0 spiro atoms. The summed E-state index contributed by atoms with van der Waals surface area (Å²) in [5.74, 6) is 0.457. The van der Waals surface area contributed by atoms with Gasteiger partial charge in [-0.15, -0.1) is 11.3 Å². The number of carbonyl (C=O) groups excluding carboxylic acids is 1. The maximum absolute atomic E-state index is 12.2. The molecule has 0 atom stereocenters.